The predicted octanol–water partition coefficient (Wildman–Crippen LogP) is 3.06. The van der Waals surface area contributed by atoms with E-state index in [1.807, 2.05) is 24.3 Å². The van der Waals surface area contributed by atoms with Crippen LogP contribution in [0.5, 0.6) is 0 Å². The number of halogens is 1. The van der Waals surface area contributed by atoms with Gasteiger partial charge in [-0.15, -0.1) is 11.8 Å². The van der Waals surface area contributed by atoms with E-state index < -0.39 is 0 Å². The van der Waals surface area contributed by atoms with Gasteiger partial charge in [-0.3, -0.25) is 4.79 Å². The van der Waals surface area contributed by atoms with Crippen LogP contribution in [-0.2, 0) is 10.5 Å². The molecule has 0 spiro atoms. The molecule has 0 bridgehead atoms. The van der Waals surface area contributed by atoms with Crippen LogP contribution in [0.3, 0.4) is 0 Å². The van der Waals surface area contributed by atoms with Gasteiger partial charge < -0.3 is 11.1 Å². The van der Waals surface area contributed by atoms with E-state index in [0.29, 0.717) is 18.2 Å². The molecule has 0 aromatic heterocycles. The summed E-state index contributed by atoms with van der Waals surface area (Å²) in [7, 11) is 0. The molecular formula is C15H23ClN2OS. The van der Waals surface area contributed by atoms with Crippen molar-refractivity contribution in [1.29, 1.82) is 0 Å². The van der Waals surface area contributed by atoms with Gasteiger partial charge >= 0.3 is 0 Å². The van der Waals surface area contributed by atoms with Crippen molar-refractivity contribution < 1.29 is 4.79 Å². The first-order valence-corrected chi connectivity index (χ1v) is 8.36. The quantitative estimate of drug-likeness (QED) is 0.775. The highest BCUT2D eigenvalue weighted by Gasteiger charge is 2.12. The molecule has 3 N–H and O–H groups in total. The number of nitrogens with two attached hydrogens (primary N) is 1. The Morgan fingerprint density at radius 1 is 1.35 bits per heavy atom. The van der Waals surface area contributed by atoms with E-state index in [9.17, 15) is 4.79 Å². The van der Waals surface area contributed by atoms with Gasteiger partial charge in [0, 0.05) is 23.4 Å². The van der Waals surface area contributed by atoms with Gasteiger partial charge in [0.05, 0.1) is 5.75 Å². The van der Waals surface area contributed by atoms with E-state index in [0.717, 1.165) is 17.2 Å². The third kappa shape index (κ3) is 7.17. The first kappa shape index (κ1) is 17.3. The van der Waals surface area contributed by atoms with Crippen LogP contribution in [0.2, 0.25) is 5.02 Å². The van der Waals surface area contributed by atoms with Gasteiger partial charge in [-0.1, -0.05) is 37.6 Å². The molecule has 3 nitrogen and oxygen atoms in total. The Labute approximate surface area is 130 Å². The Bertz CT molecular complexity index is 409. The summed E-state index contributed by atoms with van der Waals surface area (Å²) in [6.45, 7) is 4.75. The number of carbonyl (C=O) groups is 1. The van der Waals surface area contributed by atoms with E-state index in [1.165, 1.54) is 5.56 Å². The molecule has 0 aliphatic heterocycles. The number of thioether (sulfide) groups is 1. The van der Waals surface area contributed by atoms with Crippen LogP contribution < -0.4 is 11.1 Å². The minimum atomic E-state index is 0.0556. The van der Waals surface area contributed by atoms with E-state index in [-0.39, 0.29) is 11.9 Å². The second-order valence-corrected chi connectivity index (χ2v) is 6.67. The van der Waals surface area contributed by atoms with Crippen molar-refractivity contribution in [1.82, 2.24) is 5.32 Å². The van der Waals surface area contributed by atoms with Crippen LogP contribution in [-0.4, -0.2) is 24.2 Å². The molecule has 0 radical (unpaired) electrons. The fraction of sp³-hybridized carbons (Fsp3) is 0.533. The number of nitrogens with one attached hydrogen (secondary N) is 1. The average Bonchev–Trinajstić information content (AvgIpc) is 2.39. The molecule has 1 atom stereocenters. The van der Waals surface area contributed by atoms with Crippen LogP contribution in [0.1, 0.15) is 25.8 Å². The Morgan fingerprint density at radius 3 is 2.55 bits per heavy atom. The molecule has 20 heavy (non-hydrogen) atoms. The Morgan fingerprint density at radius 2 is 2.00 bits per heavy atom. The monoisotopic (exact) mass is 314 g/mol. The lowest BCUT2D eigenvalue weighted by atomic mass is 10.0. The first-order chi connectivity index (χ1) is 9.51. The molecule has 0 saturated carbocycles. The summed E-state index contributed by atoms with van der Waals surface area (Å²) in [5.41, 5.74) is 6.84. The van der Waals surface area contributed by atoms with E-state index in [1.54, 1.807) is 11.8 Å². The molecular weight excluding hydrogens is 292 g/mol. The van der Waals surface area contributed by atoms with E-state index in [2.05, 4.69) is 19.2 Å². The van der Waals surface area contributed by atoms with E-state index in [4.69, 9.17) is 17.3 Å². The molecule has 0 aliphatic carbocycles. The van der Waals surface area contributed by atoms with Gasteiger partial charge in [0.15, 0.2) is 0 Å². The number of hydrogen-bond acceptors (Lipinski definition) is 3. The Kier molecular flexibility index (Phi) is 8.04. The highest BCUT2D eigenvalue weighted by Crippen LogP contribution is 2.15. The minimum absolute atomic E-state index is 0.0556. The third-order valence-electron chi connectivity index (χ3n) is 2.82. The lowest BCUT2D eigenvalue weighted by Crippen LogP contribution is -2.41. The summed E-state index contributed by atoms with van der Waals surface area (Å²) in [5, 5.41) is 3.72. The average molecular weight is 315 g/mol. The molecule has 0 aliphatic rings. The maximum atomic E-state index is 11.8. The van der Waals surface area contributed by atoms with Gasteiger partial charge in [0.1, 0.15) is 0 Å². The van der Waals surface area contributed by atoms with Crippen LogP contribution in [0.25, 0.3) is 0 Å². The maximum Gasteiger partial charge on any atom is 0.230 e. The third-order valence-corrected chi connectivity index (χ3v) is 4.08. The van der Waals surface area contributed by atoms with Gasteiger partial charge in [-0.2, -0.15) is 0 Å². The van der Waals surface area contributed by atoms with Crippen LogP contribution in [0, 0.1) is 5.92 Å². The fourth-order valence-corrected chi connectivity index (χ4v) is 2.82. The molecule has 1 aromatic rings. The number of benzene rings is 1. The molecule has 1 rings (SSSR count). The topological polar surface area (TPSA) is 55.1 Å². The lowest BCUT2D eigenvalue weighted by Gasteiger charge is -2.18. The number of amides is 1. The predicted molar refractivity (Wildman–Crippen MR) is 88.1 cm³/mol. The molecule has 0 saturated heterocycles. The van der Waals surface area contributed by atoms with Crippen LogP contribution in [0.4, 0.5) is 0 Å². The van der Waals surface area contributed by atoms with Crippen molar-refractivity contribution in [2.24, 2.45) is 11.7 Å². The largest absolute Gasteiger partial charge is 0.351 e. The van der Waals surface area contributed by atoms with Crippen LogP contribution in [0.15, 0.2) is 24.3 Å². The summed E-state index contributed by atoms with van der Waals surface area (Å²) >= 11 is 7.42. The van der Waals surface area contributed by atoms with Crippen molar-refractivity contribution in [3.8, 4) is 0 Å². The van der Waals surface area contributed by atoms with Crippen molar-refractivity contribution in [2.75, 3.05) is 12.3 Å². The fourth-order valence-electron chi connectivity index (χ4n) is 1.89. The van der Waals surface area contributed by atoms with Gasteiger partial charge in [-0.05, 0) is 30.0 Å². The molecule has 0 fully saturated rings. The number of rotatable bonds is 8. The SMILES string of the molecule is CC(C)CC(CN)NC(=O)CSCc1ccc(Cl)cc1. The highest BCUT2D eigenvalue weighted by molar-refractivity contribution is 7.99. The summed E-state index contributed by atoms with van der Waals surface area (Å²) < 4.78 is 0. The number of carbonyl (C=O) groups excluding carboxylic acids is 1. The summed E-state index contributed by atoms with van der Waals surface area (Å²) in [4.78, 5) is 11.8. The zero-order chi connectivity index (χ0) is 15.0. The Hall–Kier alpha value is -0.710. The molecule has 5 heteroatoms. The van der Waals surface area contributed by atoms with Gasteiger partial charge in [0.2, 0.25) is 5.91 Å². The molecule has 1 amide bonds. The minimum Gasteiger partial charge on any atom is -0.351 e. The second kappa shape index (κ2) is 9.27. The Balaban J connectivity index is 2.27. The van der Waals surface area contributed by atoms with Gasteiger partial charge in [0.25, 0.3) is 0 Å². The normalized spacial score (nSPS) is 12.4. The van der Waals surface area contributed by atoms with Crippen molar-refractivity contribution in [2.45, 2.75) is 32.1 Å². The maximum absolute atomic E-state index is 11.8. The van der Waals surface area contributed by atoms with Crippen molar-refractivity contribution in [3.05, 3.63) is 34.9 Å². The summed E-state index contributed by atoms with van der Waals surface area (Å²) in [5.74, 6) is 1.85. The molecule has 1 unspecified atom stereocenters. The second-order valence-electron chi connectivity index (χ2n) is 5.25. The van der Waals surface area contributed by atoms with E-state index >= 15 is 0 Å². The van der Waals surface area contributed by atoms with Crippen molar-refractivity contribution in [3.63, 3.8) is 0 Å². The molecule has 1 aromatic carbocycles. The van der Waals surface area contributed by atoms with Gasteiger partial charge in [-0.25, -0.2) is 0 Å². The van der Waals surface area contributed by atoms with Crippen LogP contribution >= 0.6 is 23.4 Å². The molecule has 0 heterocycles. The van der Waals surface area contributed by atoms with Crippen molar-refractivity contribution >= 4 is 29.3 Å². The number of hydrogen-bond donors (Lipinski definition) is 2. The zero-order valence-corrected chi connectivity index (χ0v) is 13.6. The lowest BCUT2D eigenvalue weighted by molar-refractivity contribution is -0.119. The standard InChI is InChI=1S/C15H23ClN2OS/c1-11(2)7-14(8-17)18-15(19)10-20-9-12-3-5-13(16)6-4-12/h3-6,11,14H,7-10,17H2,1-2H3,(H,18,19). The first-order valence-electron chi connectivity index (χ1n) is 6.83. The zero-order valence-electron chi connectivity index (χ0n) is 12.1. The summed E-state index contributed by atoms with van der Waals surface area (Å²) in [6.07, 6.45) is 0.921. The smallest absolute Gasteiger partial charge is 0.230 e. The summed E-state index contributed by atoms with van der Waals surface area (Å²) in [6, 6.07) is 7.78. The highest BCUT2D eigenvalue weighted by atomic mass is 35.5. The molecule has 112 valence electrons.